The van der Waals surface area contributed by atoms with Crippen molar-refractivity contribution in [3.63, 3.8) is 0 Å². The molecule has 2 saturated carbocycles. The molecular weight excluding hydrogens is 436 g/mol. The smallest absolute Gasteiger partial charge is 0.407 e. The van der Waals surface area contributed by atoms with Crippen LogP contribution in [0.25, 0.3) is 11.1 Å². The molecule has 0 saturated heterocycles. The molecule has 0 aliphatic heterocycles. The van der Waals surface area contributed by atoms with Gasteiger partial charge in [0.05, 0.1) is 12.0 Å². The number of nitrogens with one attached hydrogen (secondary N) is 2. The summed E-state index contributed by atoms with van der Waals surface area (Å²) in [4.78, 5) is 36.4. The Morgan fingerprint density at radius 2 is 1.71 bits per heavy atom. The van der Waals surface area contributed by atoms with Gasteiger partial charge in [-0.1, -0.05) is 48.5 Å². The maximum Gasteiger partial charge on any atom is 0.407 e. The third-order valence-corrected chi connectivity index (χ3v) is 7.54. The first-order valence-corrected chi connectivity index (χ1v) is 11.6. The van der Waals surface area contributed by atoms with Crippen LogP contribution in [0.1, 0.15) is 36.3 Å². The summed E-state index contributed by atoms with van der Waals surface area (Å²) < 4.78 is 10.5. The fourth-order valence-corrected chi connectivity index (χ4v) is 5.73. The van der Waals surface area contributed by atoms with Gasteiger partial charge in [0.2, 0.25) is 5.91 Å². The Bertz CT molecular complexity index is 1090. The van der Waals surface area contributed by atoms with Gasteiger partial charge in [-0.2, -0.15) is 0 Å². The van der Waals surface area contributed by atoms with Crippen molar-refractivity contribution in [2.75, 3.05) is 20.3 Å². The molecule has 2 aromatic rings. The lowest BCUT2D eigenvalue weighted by molar-refractivity contribution is -0.148. The van der Waals surface area contributed by atoms with Gasteiger partial charge in [-0.05, 0) is 47.4 Å². The molecule has 2 amide bonds. The van der Waals surface area contributed by atoms with Crippen LogP contribution in [0.2, 0.25) is 0 Å². The first-order chi connectivity index (χ1) is 16.4. The lowest BCUT2D eigenvalue weighted by atomic mass is 9.98. The van der Waals surface area contributed by atoms with Crippen molar-refractivity contribution >= 4 is 18.0 Å². The van der Waals surface area contributed by atoms with Gasteiger partial charge in [0.15, 0.2) is 6.10 Å². The molecule has 3 aliphatic rings. The molecule has 0 spiro atoms. The number of aliphatic carboxylic acids is 1. The minimum Gasteiger partial charge on any atom is -0.479 e. The van der Waals surface area contributed by atoms with Crippen molar-refractivity contribution in [1.29, 1.82) is 0 Å². The quantitative estimate of drug-likeness (QED) is 0.554. The molecule has 5 rings (SSSR count). The van der Waals surface area contributed by atoms with Crippen molar-refractivity contribution in [2.24, 2.45) is 11.3 Å². The molecule has 3 N–H and O–H groups in total. The van der Waals surface area contributed by atoms with Crippen molar-refractivity contribution in [2.45, 2.75) is 37.3 Å². The molecule has 8 heteroatoms. The molecule has 2 fully saturated rings. The van der Waals surface area contributed by atoms with E-state index in [1.54, 1.807) is 0 Å². The van der Waals surface area contributed by atoms with Gasteiger partial charge in [-0.25, -0.2) is 9.59 Å². The fraction of sp³-hybridized carbons (Fsp3) is 0.423. The molecular formula is C26H28N2O6. The van der Waals surface area contributed by atoms with Crippen molar-refractivity contribution in [1.82, 2.24) is 10.6 Å². The molecule has 0 bridgehead atoms. The van der Waals surface area contributed by atoms with Crippen LogP contribution in [0, 0.1) is 11.3 Å². The highest BCUT2D eigenvalue weighted by Crippen LogP contribution is 2.63. The molecule has 8 nitrogen and oxygen atoms in total. The monoisotopic (exact) mass is 464 g/mol. The summed E-state index contributed by atoms with van der Waals surface area (Å²) in [5, 5.41) is 14.7. The van der Waals surface area contributed by atoms with Crippen LogP contribution in [0.3, 0.4) is 0 Å². The summed E-state index contributed by atoms with van der Waals surface area (Å²) in [6, 6.07) is 16.2. The molecule has 2 aromatic carbocycles. The average Bonchev–Trinajstić information content (AvgIpc) is 3.26. The molecule has 0 aromatic heterocycles. The molecule has 4 atom stereocenters. The van der Waals surface area contributed by atoms with Gasteiger partial charge in [-0.3, -0.25) is 4.79 Å². The predicted molar refractivity (Wildman–Crippen MR) is 123 cm³/mol. The normalized spacial score (nSPS) is 25.0. The molecule has 0 radical (unpaired) electrons. The Balaban J connectivity index is 1.14. The third kappa shape index (κ3) is 3.92. The fourth-order valence-electron chi connectivity index (χ4n) is 5.73. The highest BCUT2D eigenvalue weighted by atomic mass is 16.5. The van der Waals surface area contributed by atoms with E-state index in [4.69, 9.17) is 14.6 Å². The summed E-state index contributed by atoms with van der Waals surface area (Å²) >= 11 is 0. The standard InChI is InChI=1S/C26H28N2O6/c1-33-22(23(29)30)13-27-24(31)26-11-15(26)10-16(12-26)28-25(32)34-14-21-19-8-4-2-6-17(19)18-7-3-5-9-20(18)21/h2-9,15-16,21-22H,10-14H2,1H3,(H,27,31)(H,28,32)(H,29,30)/t15-,16+,22?,26+/m1/s1. The molecule has 1 unspecified atom stereocenters. The van der Waals surface area contributed by atoms with Crippen LogP contribution in [0.5, 0.6) is 0 Å². The number of hydrogen-bond donors (Lipinski definition) is 3. The second-order valence-electron chi connectivity index (χ2n) is 9.44. The summed E-state index contributed by atoms with van der Waals surface area (Å²) in [6.07, 6.45) is 0.442. The summed E-state index contributed by atoms with van der Waals surface area (Å²) in [6.45, 7) is 0.166. The van der Waals surface area contributed by atoms with Crippen LogP contribution < -0.4 is 10.6 Å². The van der Waals surface area contributed by atoms with Gasteiger partial charge in [-0.15, -0.1) is 0 Å². The predicted octanol–water partition coefficient (Wildman–Crippen LogP) is 2.91. The first-order valence-electron chi connectivity index (χ1n) is 11.6. The van der Waals surface area contributed by atoms with E-state index >= 15 is 0 Å². The number of amides is 2. The van der Waals surface area contributed by atoms with Crippen LogP contribution >= 0.6 is 0 Å². The Labute approximate surface area is 197 Å². The lowest BCUT2D eigenvalue weighted by Crippen LogP contribution is -2.42. The Morgan fingerprint density at radius 1 is 1.06 bits per heavy atom. The van der Waals surface area contributed by atoms with Crippen LogP contribution in [-0.2, 0) is 19.1 Å². The topological polar surface area (TPSA) is 114 Å². The van der Waals surface area contributed by atoms with E-state index in [0.717, 1.165) is 17.5 Å². The number of benzene rings is 2. The maximum atomic E-state index is 12.7. The van der Waals surface area contributed by atoms with E-state index < -0.39 is 23.6 Å². The van der Waals surface area contributed by atoms with Crippen LogP contribution in [-0.4, -0.2) is 55.5 Å². The minimum atomic E-state index is -1.12. The molecule has 178 valence electrons. The zero-order valence-corrected chi connectivity index (χ0v) is 19.0. The third-order valence-electron chi connectivity index (χ3n) is 7.54. The number of carbonyl (C=O) groups is 3. The first kappa shape index (κ1) is 22.4. The van der Waals surface area contributed by atoms with E-state index in [0.29, 0.717) is 12.8 Å². The van der Waals surface area contributed by atoms with E-state index in [9.17, 15) is 14.4 Å². The second-order valence-corrected chi connectivity index (χ2v) is 9.44. The number of methoxy groups -OCH3 is 1. The van der Waals surface area contributed by atoms with E-state index in [-0.39, 0.29) is 36.9 Å². The largest absolute Gasteiger partial charge is 0.479 e. The summed E-state index contributed by atoms with van der Waals surface area (Å²) in [7, 11) is 1.30. The maximum absolute atomic E-state index is 12.7. The molecule has 0 heterocycles. The Kier molecular flexibility index (Phi) is 5.77. The average molecular weight is 465 g/mol. The highest BCUT2D eigenvalue weighted by Gasteiger charge is 2.65. The van der Waals surface area contributed by atoms with Gasteiger partial charge in [0, 0.05) is 19.1 Å². The number of carboxylic acid groups (broad SMARTS) is 1. The van der Waals surface area contributed by atoms with Gasteiger partial charge in [0.1, 0.15) is 6.61 Å². The van der Waals surface area contributed by atoms with Crippen LogP contribution in [0.4, 0.5) is 4.79 Å². The Hall–Kier alpha value is -3.39. The number of hydrogen-bond acceptors (Lipinski definition) is 5. The molecule has 34 heavy (non-hydrogen) atoms. The van der Waals surface area contributed by atoms with E-state index in [1.165, 1.54) is 18.2 Å². The molecule has 3 aliphatic carbocycles. The highest BCUT2D eigenvalue weighted by molar-refractivity contribution is 5.87. The number of ether oxygens (including phenoxy) is 2. The van der Waals surface area contributed by atoms with Crippen molar-refractivity contribution in [3.8, 4) is 11.1 Å². The van der Waals surface area contributed by atoms with Gasteiger partial charge in [0.25, 0.3) is 0 Å². The SMILES string of the molecule is COC(CNC(=O)[C@@]12C[C@@H](NC(=O)OCC3c4ccccc4-c4ccccc43)C[C@@H]1C2)C(=O)O. The number of fused-ring (bicyclic) bond motifs is 4. The number of carbonyl (C=O) groups excluding carboxylic acids is 2. The lowest BCUT2D eigenvalue weighted by Gasteiger charge is -2.20. The van der Waals surface area contributed by atoms with E-state index in [1.807, 2.05) is 24.3 Å². The number of rotatable bonds is 8. The second kappa shape index (κ2) is 8.76. The zero-order chi connectivity index (χ0) is 23.9. The summed E-state index contributed by atoms with van der Waals surface area (Å²) in [5.41, 5.74) is 4.14. The Morgan fingerprint density at radius 3 is 2.32 bits per heavy atom. The zero-order valence-electron chi connectivity index (χ0n) is 19.0. The van der Waals surface area contributed by atoms with Crippen molar-refractivity contribution in [3.05, 3.63) is 59.7 Å². The number of carboxylic acids is 1. The number of alkyl carbamates (subject to hydrolysis) is 1. The summed E-state index contributed by atoms with van der Waals surface area (Å²) in [5.74, 6) is -1.10. The van der Waals surface area contributed by atoms with E-state index in [2.05, 4.69) is 34.9 Å². The van der Waals surface area contributed by atoms with Crippen LogP contribution in [0.15, 0.2) is 48.5 Å². The van der Waals surface area contributed by atoms with Gasteiger partial charge < -0.3 is 25.2 Å². The van der Waals surface area contributed by atoms with Crippen molar-refractivity contribution < 1.29 is 29.0 Å². The minimum absolute atomic E-state index is 0.00443. The van der Waals surface area contributed by atoms with Gasteiger partial charge >= 0.3 is 12.1 Å².